The number of thiophene rings is 2. The molecule has 0 saturated heterocycles. The van der Waals surface area contributed by atoms with Gasteiger partial charge in [-0.2, -0.15) is 0 Å². The van der Waals surface area contributed by atoms with E-state index in [4.69, 9.17) is 0 Å². The van der Waals surface area contributed by atoms with Gasteiger partial charge in [0, 0.05) is 21.9 Å². The van der Waals surface area contributed by atoms with Crippen molar-refractivity contribution in [1.29, 1.82) is 0 Å². The zero-order chi connectivity index (χ0) is 9.26. The molecule has 0 nitrogen and oxygen atoms in total. The third-order valence-corrected chi connectivity index (χ3v) is 7.32. The van der Waals surface area contributed by atoms with E-state index in [0.29, 0.717) is 0 Å². The summed E-state index contributed by atoms with van der Waals surface area (Å²) < 4.78 is 3.16. The zero-order valence-corrected chi connectivity index (χ0v) is 12.4. The Balaban J connectivity index is 0.000000980. The van der Waals surface area contributed by atoms with Gasteiger partial charge in [-0.1, -0.05) is 22.7 Å². The summed E-state index contributed by atoms with van der Waals surface area (Å²) in [4.78, 5) is 2.87. The molecular weight excluding hydrogens is 347 g/mol. The highest BCUT2D eigenvalue weighted by molar-refractivity contribution is 7.10. The minimum Gasteiger partial charge on any atom is -1.00 e. The molecule has 0 radical (unpaired) electrons. The van der Waals surface area contributed by atoms with Crippen LogP contribution in [0.25, 0.3) is 0 Å². The van der Waals surface area contributed by atoms with E-state index in [9.17, 15) is 0 Å². The first-order valence-electron chi connectivity index (χ1n) is 4.02. The van der Waals surface area contributed by atoms with Gasteiger partial charge < -0.3 is 12.4 Å². The first-order chi connectivity index (χ1) is 6.24. The van der Waals surface area contributed by atoms with Crippen LogP contribution in [-0.4, -0.2) is 0 Å². The van der Waals surface area contributed by atoms with Crippen LogP contribution in [-0.2, 0) is 0 Å². The summed E-state index contributed by atoms with van der Waals surface area (Å²) in [6.45, 7) is 4.36. The molecule has 0 aliphatic heterocycles. The molecule has 0 aromatic carbocycles. The zero-order valence-electron chi connectivity index (χ0n) is 7.88. The van der Waals surface area contributed by atoms with Gasteiger partial charge >= 0.3 is 21.2 Å². The van der Waals surface area contributed by atoms with E-state index in [1.165, 1.54) is 9.75 Å². The van der Waals surface area contributed by atoms with Gasteiger partial charge in [0.25, 0.3) is 0 Å². The second-order valence-corrected chi connectivity index (χ2v) is 9.70. The van der Waals surface area contributed by atoms with Crippen molar-refractivity contribution in [2.75, 3.05) is 0 Å². The molecule has 2 aromatic rings. The van der Waals surface area contributed by atoms with Crippen molar-refractivity contribution < 1.29 is 33.6 Å². The van der Waals surface area contributed by atoms with Crippen LogP contribution in [0.1, 0.15) is 9.75 Å². The highest BCUT2D eigenvalue weighted by atomic mass is 127. The summed E-state index contributed by atoms with van der Waals surface area (Å²) in [5, 5.41) is 0. The van der Waals surface area contributed by atoms with Crippen molar-refractivity contribution in [3.63, 3.8) is 0 Å². The van der Waals surface area contributed by atoms with Gasteiger partial charge in [0.1, 0.15) is 0 Å². The van der Waals surface area contributed by atoms with E-state index in [-0.39, 0.29) is 33.6 Å². The smallest absolute Gasteiger partial charge is 0.381 e. The molecule has 2 rings (SSSR count). The Morgan fingerprint density at radius 3 is 1.57 bits per heavy atom. The van der Waals surface area contributed by atoms with Crippen molar-refractivity contribution in [3.8, 4) is 0 Å². The molecule has 0 saturated carbocycles. The largest absolute Gasteiger partial charge is 1.00 e. The molecule has 0 aliphatic carbocycles. The Hall–Kier alpha value is 0.420. The van der Waals surface area contributed by atoms with Gasteiger partial charge in [-0.3, -0.25) is 0 Å². The van der Waals surface area contributed by atoms with E-state index < -0.39 is 0 Å². The van der Waals surface area contributed by atoms with Crippen molar-refractivity contribution in [1.82, 2.24) is 0 Å². The Morgan fingerprint density at radius 2 is 1.29 bits per heavy atom. The number of hydrogen-bond acceptors (Lipinski definition) is 2. The molecule has 14 heavy (non-hydrogen) atoms. The van der Waals surface area contributed by atoms with Crippen molar-refractivity contribution in [3.05, 3.63) is 39.8 Å². The predicted octanol–water partition coefficient (Wildman–Crippen LogP) is -2.44. The summed E-state index contributed by atoms with van der Waals surface area (Å²) in [6.07, 6.45) is 0. The monoisotopic (exact) mass is 356 g/mol. The maximum Gasteiger partial charge on any atom is 0.381 e. The Kier molecular flexibility index (Phi) is 4.90. The van der Waals surface area contributed by atoms with Crippen LogP contribution in [0, 0.1) is 19.6 Å². The first kappa shape index (κ1) is 12.5. The third kappa shape index (κ3) is 3.22. The molecule has 2 aromatic heterocycles. The van der Waals surface area contributed by atoms with Crippen LogP contribution < -0.4 is 33.6 Å². The predicted molar refractivity (Wildman–Crippen MR) is 55.5 cm³/mol. The summed E-state index contributed by atoms with van der Waals surface area (Å²) in [5.41, 5.74) is 0. The minimum atomic E-state index is 0. The lowest BCUT2D eigenvalue weighted by Gasteiger charge is -1.73. The molecule has 0 unspecified atom stereocenters. The lowest BCUT2D eigenvalue weighted by molar-refractivity contribution is -0.585. The summed E-state index contributed by atoms with van der Waals surface area (Å²) >= 11 is 4.00. The second-order valence-electron chi connectivity index (χ2n) is 2.79. The number of aryl methyl sites for hydroxylation is 2. The molecule has 2 heterocycles. The van der Waals surface area contributed by atoms with Crippen LogP contribution in [0.5, 0.6) is 0 Å². The molecule has 0 spiro atoms. The molecule has 0 fully saturated rings. The average Bonchev–Trinajstić information content (AvgIpc) is 2.62. The van der Waals surface area contributed by atoms with Crippen molar-refractivity contribution >= 4 is 22.7 Å². The normalized spacial score (nSPS) is 9.86. The highest BCUT2D eigenvalue weighted by Gasteiger charge is 2.18. The van der Waals surface area contributed by atoms with E-state index in [1.807, 2.05) is 22.7 Å². The van der Waals surface area contributed by atoms with Gasteiger partial charge in [0.2, 0.25) is 5.77 Å². The Morgan fingerprint density at radius 1 is 0.857 bits per heavy atom. The van der Waals surface area contributed by atoms with Gasteiger partial charge in [-0.05, 0) is 26.0 Å². The molecule has 0 bridgehead atoms. The number of hydrogen-bond donors (Lipinski definition) is 0. The Labute approximate surface area is 109 Å². The SMILES string of the molecule is Cc1ccc([I+]c2ccc(C)s2)s1.[Cl-]. The molecule has 0 N–H and O–H groups in total. The van der Waals surface area contributed by atoms with Gasteiger partial charge in [-0.15, -0.1) is 0 Å². The fourth-order valence-electron chi connectivity index (χ4n) is 1.00. The third-order valence-electron chi connectivity index (χ3n) is 1.60. The topological polar surface area (TPSA) is 0 Å². The first-order valence-corrected chi connectivity index (χ1v) is 7.81. The summed E-state index contributed by atoms with van der Waals surface area (Å²) in [7, 11) is 0. The Bertz CT molecular complexity index is 367. The van der Waals surface area contributed by atoms with Gasteiger partial charge in [0.05, 0.1) is 0 Å². The van der Waals surface area contributed by atoms with E-state index >= 15 is 0 Å². The van der Waals surface area contributed by atoms with Crippen LogP contribution >= 0.6 is 22.7 Å². The maximum absolute atomic E-state index is 2.28. The summed E-state index contributed by atoms with van der Waals surface area (Å²) in [6, 6.07) is 9.00. The van der Waals surface area contributed by atoms with Crippen molar-refractivity contribution in [2.45, 2.75) is 13.8 Å². The lowest BCUT2D eigenvalue weighted by atomic mass is 10.5. The second kappa shape index (κ2) is 5.49. The molecule has 0 aliphatic rings. The quantitative estimate of drug-likeness (QED) is 0.525. The minimum absolute atomic E-state index is 0. The number of rotatable bonds is 2. The standard InChI is InChI=1S/C10H10IS2.ClH/c1-7-3-5-9(12-7)11-10-6-4-8(2)13-10;/h3-6H,1-2H3;1H/q+1;/p-1. The van der Waals surface area contributed by atoms with Crippen molar-refractivity contribution in [2.24, 2.45) is 0 Å². The van der Waals surface area contributed by atoms with Crippen LogP contribution in [0.4, 0.5) is 0 Å². The molecule has 0 amide bonds. The lowest BCUT2D eigenvalue weighted by Crippen LogP contribution is -3.61. The highest BCUT2D eigenvalue weighted by Crippen LogP contribution is 2.07. The fourth-order valence-corrected chi connectivity index (χ4v) is 7.67. The van der Waals surface area contributed by atoms with E-state index in [0.717, 1.165) is 0 Å². The van der Waals surface area contributed by atoms with Crippen LogP contribution in [0.2, 0.25) is 0 Å². The molecule has 76 valence electrons. The fraction of sp³-hybridized carbons (Fsp3) is 0.200. The van der Waals surface area contributed by atoms with Gasteiger partial charge in [-0.25, -0.2) is 0 Å². The molecular formula is C10H10ClIS2. The molecule has 0 atom stereocenters. The van der Waals surface area contributed by atoms with Gasteiger partial charge in [0.15, 0.2) is 0 Å². The summed E-state index contributed by atoms with van der Waals surface area (Å²) in [5.74, 6) is 0. The average molecular weight is 357 g/mol. The maximum atomic E-state index is 2.28. The van der Waals surface area contributed by atoms with E-state index in [1.54, 1.807) is 5.77 Å². The van der Waals surface area contributed by atoms with Crippen LogP contribution in [0.3, 0.4) is 0 Å². The number of halogens is 2. The molecule has 4 heteroatoms. The van der Waals surface area contributed by atoms with E-state index in [2.05, 4.69) is 38.1 Å². The van der Waals surface area contributed by atoms with Crippen LogP contribution in [0.15, 0.2) is 24.3 Å².